The molecule has 1 N–H and O–H groups in total. The quantitative estimate of drug-likeness (QED) is 0.917. The van der Waals surface area contributed by atoms with E-state index in [0.29, 0.717) is 36.4 Å². The minimum absolute atomic E-state index is 0.365. The molecule has 1 atom stereocenters. The second kappa shape index (κ2) is 6.29. The van der Waals surface area contributed by atoms with Gasteiger partial charge in [-0.25, -0.2) is 4.98 Å². The Bertz CT molecular complexity index is 708. The normalized spacial score (nSPS) is 16.7. The van der Waals surface area contributed by atoms with Crippen LogP contribution in [-0.2, 0) is 6.54 Å². The van der Waals surface area contributed by atoms with Crippen LogP contribution < -0.4 is 19.1 Å². The van der Waals surface area contributed by atoms with Gasteiger partial charge in [-0.05, 0) is 12.1 Å². The molecule has 122 valence electrons. The van der Waals surface area contributed by atoms with E-state index in [1.165, 1.54) is 0 Å². The van der Waals surface area contributed by atoms with Crippen molar-refractivity contribution >= 4 is 5.95 Å². The molecule has 0 bridgehead atoms. The molecule has 0 spiro atoms. The van der Waals surface area contributed by atoms with E-state index in [9.17, 15) is 5.11 Å². The molecule has 3 rings (SSSR count). The molecule has 0 unspecified atom stereocenters. The van der Waals surface area contributed by atoms with Crippen LogP contribution in [0.5, 0.6) is 17.4 Å². The van der Waals surface area contributed by atoms with Gasteiger partial charge in [0, 0.05) is 23.4 Å². The van der Waals surface area contributed by atoms with E-state index in [1.54, 1.807) is 39.7 Å². The zero-order valence-corrected chi connectivity index (χ0v) is 13.3. The van der Waals surface area contributed by atoms with E-state index in [1.807, 2.05) is 11.0 Å². The first kappa shape index (κ1) is 15.4. The zero-order valence-electron chi connectivity index (χ0n) is 13.3. The van der Waals surface area contributed by atoms with Gasteiger partial charge in [-0.15, -0.1) is 0 Å². The summed E-state index contributed by atoms with van der Waals surface area (Å²) in [7, 11) is 4.75. The minimum Gasteiger partial charge on any atom is -0.496 e. The molecule has 1 aliphatic rings. The fourth-order valence-corrected chi connectivity index (χ4v) is 2.83. The molecule has 1 aliphatic heterocycles. The molecule has 7 heteroatoms. The molecule has 2 heterocycles. The first-order valence-corrected chi connectivity index (χ1v) is 7.21. The third-order valence-corrected chi connectivity index (χ3v) is 3.90. The van der Waals surface area contributed by atoms with E-state index in [-0.39, 0.29) is 0 Å². The first-order chi connectivity index (χ1) is 11.2. The molecule has 23 heavy (non-hydrogen) atoms. The van der Waals surface area contributed by atoms with Crippen LogP contribution in [0.4, 0.5) is 5.95 Å². The summed E-state index contributed by atoms with van der Waals surface area (Å²) in [5.41, 5.74) is 1.63. The largest absolute Gasteiger partial charge is 0.496 e. The van der Waals surface area contributed by atoms with E-state index in [4.69, 9.17) is 14.2 Å². The van der Waals surface area contributed by atoms with E-state index >= 15 is 0 Å². The molecule has 0 fully saturated rings. The number of aliphatic hydroxyl groups excluding tert-OH is 1. The summed E-state index contributed by atoms with van der Waals surface area (Å²) in [6.07, 6.45) is 0.907. The molecule has 2 aromatic rings. The lowest BCUT2D eigenvalue weighted by Gasteiger charge is -2.33. The van der Waals surface area contributed by atoms with E-state index in [2.05, 4.69) is 9.97 Å². The third-order valence-electron chi connectivity index (χ3n) is 3.90. The Morgan fingerprint density at radius 2 is 1.83 bits per heavy atom. The highest BCUT2D eigenvalue weighted by Crippen LogP contribution is 2.40. The van der Waals surface area contributed by atoms with Crippen molar-refractivity contribution in [1.82, 2.24) is 9.97 Å². The average molecular weight is 317 g/mol. The van der Waals surface area contributed by atoms with Gasteiger partial charge >= 0.3 is 0 Å². The average Bonchev–Trinajstić information content (AvgIpc) is 2.60. The number of ether oxygens (including phenoxy) is 3. The van der Waals surface area contributed by atoms with Gasteiger partial charge < -0.3 is 24.2 Å². The van der Waals surface area contributed by atoms with Crippen molar-refractivity contribution in [3.05, 3.63) is 35.5 Å². The maximum absolute atomic E-state index is 10.6. The first-order valence-electron chi connectivity index (χ1n) is 7.21. The second-order valence-corrected chi connectivity index (χ2v) is 5.16. The maximum atomic E-state index is 10.6. The molecule has 0 aliphatic carbocycles. The predicted molar refractivity (Wildman–Crippen MR) is 84.1 cm³/mol. The number of fused-ring (bicyclic) bond motifs is 1. The van der Waals surface area contributed by atoms with Gasteiger partial charge in [-0.2, -0.15) is 4.98 Å². The van der Waals surface area contributed by atoms with Crippen LogP contribution in [0.15, 0.2) is 24.4 Å². The summed E-state index contributed by atoms with van der Waals surface area (Å²) in [6, 6.07) is 5.32. The van der Waals surface area contributed by atoms with Crippen LogP contribution >= 0.6 is 0 Å². The number of benzene rings is 1. The fraction of sp³-hybridized carbons (Fsp3) is 0.375. The topological polar surface area (TPSA) is 76.9 Å². The van der Waals surface area contributed by atoms with Gasteiger partial charge in [-0.1, -0.05) is 0 Å². The summed E-state index contributed by atoms with van der Waals surface area (Å²) in [5.74, 6) is 2.33. The lowest BCUT2D eigenvalue weighted by Crippen LogP contribution is -2.35. The number of methoxy groups -OCH3 is 3. The van der Waals surface area contributed by atoms with E-state index < -0.39 is 6.10 Å². The molecular weight excluding hydrogens is 298 g/mol. The fourth-order valence-electron chi connectivity index (χ4n) is 2.83. The Kier molecular flexibility index (Phi) is 4.20. The Balaban J connectivity index is 2.02. The van der Waals surface area contributed by atoms with Crippen molar-refractivity contribution in [2.45, 2.75) is 12.6 Å². The molecule has 1 aromatic carbocycles. The summed E-state index contributed by atoms with van der Waals surface area (Å²) in [4.78, 5) is 10.5. The monoisotopic (exact) mass is 317 g/mol. The smallest absolute Gasteiger partial charge is 0.229 e. The van der Waals surface area contributed by atoms with Crippen LogP contribution in [0.25, 0.3) is 0 Å². The minimum atomic E-state index is -0.724. The maximum Gasteiger partial charge on any atom is 0.229 e. The summed E-state index contributed by atoms with van der Waals surface area (Å²) >= 11 is 0. The number of anilines is 1. The number of β-amino-alcohol motifs (C(OH)–C–C–N with tert-alkyl or cyclic N) is 1. The Labute approximate surface area is 134 Å². The number of nitrogens with zero attached hydrogens (tertiary/aromatic N) is 3. The van der Waals surface area contributed by atoms with Crippen molar-refractivity contribution in [2.75, 3.05) is 32.8 Å². The molecule has 7 nitrogen and oxygen atoms in total. The SMILES string of the molecule is COc1ccnc(N2Cc3c(OC)ccc(OC)c3[C@H](O)C2)n1. The van der Waals surface area contributed by atoms with Gasteiger partial charge in [0.1, 0.15) is 17.6 Å². The van der Waals surface area contributed by atoms with Crippen molar-refractivity contribution in [1.29, 1.82) is 0 Å². The van der Waals surface area contributed by atoms with Gasteiger partial charge in [-0.3, -0.25) is 0 Å². The molecule has 0 amide bonds. The number of hydrogen-bond donors (Lipinski definition) is 1. The molecular formula is C16H19N3O4. The Hall–Kier alpha value is -2.54. The highest BCUT2D eigenvalue weighted by atomic mass is 16.5. The zero-order chi connectivity index (χ0) is 16.4. The molecule has 0 saturated heterocycles. The van der Waals surface area contributed by atoms with Crippen LogP contribution in [-0.4, -0.2) is 42.9 Å². The van der Waals surface area contributed by atoms with Crippen LogP contribution in [0.2, 0.25) is 0 Å². The highest BCUT2D eigenvalue weighted by molar-refractivity contribution is 5.54. The van der Waals surface area contributed by atoms with Crippen molar-refractivity contribution in [3.8, 4) is 17.4 Å². The number of aliphatic hydroxyl groups is 1. The standard InChI is InChI=1S/C16H19N3O4/c1-21-12-4-5-13(22-2)15-10(12)8-19(9-11(15)20)16-17-7-6-14(18-16)23-3/h4-7,11,20H,8-9H2,1-3H3/t11-/m1/s1. The van der Waals surface area contributed by atoms with Crippen molar-refractivity contribution < 1.29 is 19.3 Å². The lowest BCUT2D eigenvalue weighted by atomic mass is 9.95. The molecule has 0 saturated carbocycles. The summed E-state index contributed by atoms with van der Waals surface area (Å²) in [5, 5.41) is 10.6. The van der Waals surface area contributed by atoms with Crippen molar-refractivity contribution in [2.24, 2.45) is 0 Å². The van der Waals surface area contributed by atoms with Gasteiger partial charge in [0.05, 0.1) is 34.4 Å². The highest BCUT2D eigenvalue weighted by Gasteiger charge is 2.30. The van der Waals surface area contributed by atoms with Gasteiger partial charge in [0.15, 0.2) is 0 Å². The second-order valence-electron chi connectivity index (χ2n) is 5.16. The number of rotatable bonds is 4. The van der Waals surface area contributed by atoms with Crippen molar-refractivity contribution in [3.63, 3.8) is 0 Å². The molecule has 1 aromatic heterocycles. The summed E-state index contributed by atoms with van der Waals surface area (Å²) in [6.45, 7) is 0.879. The van der Waals surface area contributed by atoms with Crippen LogP contribution in [0.3, 0.4) is 0 Å². The lowest BCUT2D eigenvalue weighted by molar-refractivity contribution is 0.169. The Morgan fingerprint density at radius 3 is 2.52 bits per heavy atom. The van der Waals surface area contributed by atoms with Gasteiger partial charge in [0.25, 0.3) is 0 Å². The van der Waals surface area contributed by atoms with Gasteiger partial charge in [0.2, 0.25) is 11.8 Å². The predicted octanol–water partition coefficient (Wildman–Crippen LogP) is 1.56. The van der Waals surface area contributed by atoms with Crippen LogP contribution in [0.1, 0.15) is 17.2 Å². The van der Waals surface area contributed by atoms with E-state index in [0.717, 1.165) is 11.1 Å². The third kappa shape index (κ3) is 2.75. The van der Waals surface area contributed by atoms with Crippen LogP contribution in [0, 0.1) is 0 Å². The number of aromatic nitrogens is 2. The number of hydrogen-bond acceptors (Lipinski definition) is 7. The Morgan fingerprint density at radius 1 is 1.09 bits per heavy atom. The molecule has 0 radical (unpaired) electrons. The summed E-state index contributed by atoms with van der Waals surface area (Å²) < 4.78 is 15.9.